The van der Waals surface area contributed by atoms with Gasteiger partial charge in [0, 0.05) is 65.8 Å². The van der Waals surface area contributed by atoms with E-state index in [1.807, 2.05) is 42.5 Å². The number of phenols is 4. The highest BCUT2D eigenvalue weighted by Crippen LogP contribution is 2.51. The van der Waals surface area contributed by atoms with Gasteiger partial charge in [-0.1, -0.05) is 78.9 Å². The highest BCUT2D eigenvalue weighted by atomic mass is 16.3. The van der Waals surface area contributed by atoms with Crippen LogP contribution in [-0.2, 0) is 0 Å². The molecule has 0 aliphatic heterocycles. The van der Waals surface area contributed by atoms with E-state index >= 15 is 0 Å². The zero-order valence-electron chi connectivity index (χ0n) is 34.4. The van der Waals surface area contributed by atoms with E-state index in [1.165, 1.54) is 54.3 Å². The van der Waals surface area contributed by atoms with Crippen molar-refractivity contribution >= 4 is 115 Å². The van der Waals surface area contributed by atoms with Gasteiger partial charge in [0.1, 0.15) is 33.7 Å². The van der Waals surface area contributed by atoms with E-state index < -0.39 is 23.0 Å². The molecule has 6 heterocycles. The lowest BCUT2D eigenvalue weighted by atomic mass is 9.98. The number of furan rings is 2. The van der Waals surface area contributed by atoms with Crippen molar-refractivity contribution in [2.75, 3.05) is 0 Å². The summed E-state index contributed by atoms with van der Waals surface area (Å²) < 4.78 is 17.4. The molecule has 310 valence electrons. The first-order valence-electron chi connectivity index (χ1n) is 21.5. The second kappa shape index (κ2) is 12.2. The second-order valence-corrected chi connectivity index (χ2v) is 17.1. The molecule has 15 aromatic rings. The van der Waals surface area contributed by atoms with Gasteiger partial charge >= 0.3 is 0 Å². The van der Waals surface area contributed by atoms with Crippen LogP contribution in [-0.4, -0.2) is 39.4 Å². The van der Waals surface area contributed by atoms with Crippen molar-refractivity contribution in [2.45, 2.75) is 0 Å². The Morgan fingerprint density at radius 1 is 0.424 bits per heavy atom. The molecular formula is C56H30N4O6. The third-order valence-electron chi connectivity index (χ3n) is 13.7. The summed E-state index contributed by atoms with van der Waals surface area (Å²) in [6.07, 6.45) is 0. The predicted molar refractivity (Wildman–Crippen MR) is 261 cm³/mol. The topological polar surface area (TPSA) is 142 Å². The maximum atomic E-state index is 11.1. The molecule has 0 aliphatic carbocycles. The molecule has 0 spiro atoms. The van der Waals surface area contributed by atoms with Gasteiger partial charge in [-0.25, -0.2) is 9.97 Å². The molecular weight excluding hydrogens is 825 g/mol. The van der Waals surface area contributed by atoms with Gasteiger partial charge < -0.3 is 38.2 Å². The number of aromatic nitrogens is 4. The molecule has 9 aromatic carbocycles. The molecule has 66 heavy (non-hydrogen) atoms. The van der Waals surface area contributed by atoms with Crippen LogP contribution in [0.3, 0.4) is 0 Å². The normalized spacial score (nSPS) is 12.5. The van der Waals surface area contributed by atoms with Gasteiger partial charge in [0.15, 0.2) is 22.9 Å². The van der Waals surface area contributed by atoms with Gasteiger partial charge in [0.25, 0.3) is 0 Å². The van der Waals surface area contributed by atoms with Crippen LogP contribution in [0.5, 0.6) is 23.0 Å². The fraction of sp³-hybridized carbons (Fsp3) is 0. The summed E-state index contributed by atoms with van der Waals surface area (Å²) in [6, 6.07) is 53.3. The van der Waals surface area contributed by atoms with Crippen molar-refractivity contribution in [3.8, 4) is 51.3 Å². The number of hydrogen-bond acceptors (Lipinski definition) is 8. The van der Waals surface area contributed by atoms with E-state index in [-0.39, 0.29) is 22.7 Å². The summed E-state index contributed by atoms with van der Waals surface area (Å²) in [5, 5.41) is 55.0. The van der Waals surface area contributed by atoms with Gasteiger partial charge in [-0.15, -0.1) is 0 Å². The fourth-order valence-electron chi connectivity index (χ4n) is 10.9. The number of nitrogens with zero attached hydrogens (tertiary/aromatic N) is 4. The van der Waals surface area contributed by atoms with Crippen molar-refractivity contribution < 1.29 is 29.3 Å². The Balaban J connectivity index is 0.942. The summed E-state index contributed by atoms with van der Waals surface area (Å²) in [5.41, 5.74) is 9.83. The number of rotatable bonds is 3. The molecule has 0 atom stereocenters. The van der Waals surface area contributed by atoms with E-state index in [4.69, 9.17) is 18.8 Å². The van der Waals surface area contributed by atoms with Crippen molar-refractivity contribution in [3.05, 3.63) is 158 Å². The molecule has 0 unspecified atom stereocenters. The van der Waals surface area contributed by atoms with Crippen LogP contribution in [0.4, 0.5) is 0 Å². The van der Waals surface area contributed by atoms with Crippen molar-refractivity contribution in [1.82, 2.24) is 18.9 Å². The van der Waals surface area contributed by atoms with Crippen LogP contribution < -0.4 is 0 Å². The molecule has 0 aliphatic rings. The van der Waals surface area contributed by atoms with E-state index in [1.54, 1.807) is 6.07 Å². The lowest BCUT2D eigenvalue weighted by Gasteiger charge is -2.11. The zero-order chi connectivity index (χ0) is 43.7. The molecule has 0 radical (unpaired) electrons. The monoisotopic (exact) mass is 854 g/mol. The summed E-state index contributed by atoms with van der Waals surface area (Å²) in [7, 11) is 0. The molecule has 0 saturated heterocycles. The smallest absolute Gasteiger partial charge is 0.201 e. The standard InChI is InChI=1S/C56H30N4O6/c61-42-26-43(62)53(63)54(64)49(42)51-55-50(34-10-3-6-15-44(34)66-55)57-56(58-51)27-16-22-45-36(24-27)37-25-28(17-23-46(37)65-45)59-39-14-5-2-9-33(39)47-30-19-21-41-48(31(30)18-20-40(47)59)35-12-7-11-32-29-8-1-4-13-38(29)60(41)52(32)35/h1-26,61-64H. The predicted octanol–water partition coefficient (Wildman–Crippen LogP) is 13.8. The minimum atomic E-state index is -0.795. The number of phenolic OH excluding ortho intramolecular Hbond substituents is 4. The Morgan fingerprint density at radius 2 is 1.09 bits per heavy atom. The number of aromatic hydroxyl groups is 4. The van der Waals surface area contributed by atoms with Gasteiger partial charge in [0.05, 0.1) is 33.1 Å². The summed E-state index contributed by atoms with van der Waals surface area (Å²) in [4.78, 5) is 9.83. The van der Waals surface area contributed by atoms with Gasteiger partial charge in [0.2, 0.25) is 5.75 Å². The Bertz CT molecular complexity index is 4650. The van der Waals surface area contributed by atoms with Crippen LogP contribution in [0.2, 0.25) is 0 Å². The molecule has 6 aromatic heterocycles. The first-order chi connectivity index (χ1) is 32.4. The number of para-hydroxylation sites is 4. The number of hydrogen-bond donors (Lipinski definition) is 4. The molecule has 10 nitrogen and oxygen atoms in total. The minimum Gasteiger partial charge on any atom is -0.507 e. The van der Waals surface area contributed by atoms with Gasteiger partial charge in [-0.3, -0.25) is 0 Å². The number of benzene rings is 9. The highest BCUT2D eigenvalue weighted by molar-refractivity contribution is 6.33. The first-order valence-corrected chi connectivity index (χ1v) is 21.5. The Hall–Kier alpha value is -9.28. The Morgan fingerprint density at radius 3 is 1.94 bits per heavy atom. The summed E-state index contributed by atoms with van der Waals surface area (Å²) in [6.45, 7) is 0. The average Bonchev–Trinajstić information content (AvgIpc) is 4.16. The summed E-state index contributed by atoms with van der Waals surface area (Å²) in [5.74, 6) is -2.44. The van der Waals surface area contributed by atoms with Crippen LogP contribution in [0.25, 0.3) is 143 Å². The number of fused-ring (bicyclic) bond motifs is 18. The Labute approximate surface area is 370 Å². The third kappa shape index (κ3) is 4.39. The molecule has 0 fully saturated rings. The van der Waals surface area contributed by atoms with E-state index in [0.29, 0.717) is 33.2 Å². The summed E-state index contributed by atoms with van der Waals surface area (Å²) >= 11 is 0. The molecule has 0 saturated carbocycles. The average molecular weight is 855 g/mol. The largest absolute Gasteiger partial charge is 0.507 e. The van der Waals surface area contributed by atoms with E-state index in [0.717, 1.165) is 38.9 Å². The molecule has 0 amide bonds. The van der Waals surface area contributed by atoms with Crippen LogP contribution >= 0.6 is 0 Å². The first kappa shape index (κ1) is 35.2. The quantitative estimate of drug-likeness (QED) is 0.102. The molecule has 4 N–H and O–H groups in total. The van der Waals surface area contributed by atoms with Crippen molar-refractivity contribution in [3.63, 3.8) is 0 Å². The van der Waals surface area contributed by atoms with Crippen LogP contribution in [0, 0.1) is 0 Å². The van der Waals surface area contributed by atoms with Gasteiger partial charge in [-0.2, -0.15) is 0 Å². The van der Waals surface area contributed by atoms with Crippen molar-refractivity contribution in [1.29, 1.82) is 0 Å². The SMILES string of the molecule is Oc1cc(O)c(-c2nc(-c3ccc4oc5ccc(-n6c7ccccc7c7c8ccc9c(c8ccc76)c6cccc7c8ccccc8n9c76)cc5c4c3)nc3c2oc2ccccc23)c(O)c1O. The van der Waals surface area contributed by atoms with Gasteiger partial charge in [-0.05, 0) is 83.6 Å². The Kier molecular flexibility index (Phi) is 6.53. The maximum absolute atomic E-state index is 11.1. The highest BCUT2D eigenvalue weighted by Gasteiger charge is 2.27. The maximum Gasteiger partial charge on any atom is 0.201 e. The molecule has 10 heteroatoms. The molecule has 0 bridgehead atoms. The fourth-order valence-corrected chi connectivity index (χ4v) is 10.9. The lowest BCUT2D eigenvalue weighted by Crippen LogP contribution is -1.95. The lowest BCUT2D eigenvalue weighted by molar-refractivity contribution is 0.362. The zero-order valence-corrected chi connectivity index (χ0v) is 34.4. The van der Waals surface area contributed by atoms with Crippen LogP contribution in [0.1, 0.15) is 0 Å². The van der Waals surface area contributed by atoms with E-state index in [2.05, 4.69) is 112 Å². The van der Waals surface area contributed by atoms with E-state index in [9.17, 15) is 20.4 Å². The molecule has 15 rings (SSSR count). The minimum absolute atomic E-state index is 0.0413. The van der Waals surface area contributed by atoms with Crippen LogP contribution in [0.15, 0.2) is 167 Å². The third-order valence-corrected chi connectivity index (χ3v) is 13.7. The second-order valence-electron chi connectivity index (χ2n) is 17.1. The van der Waals surface area contributed by atoms with Crippen molar-refractivity contribution in [2.24, 2.45) is 0 Å².